The van der Waals surface area contributed by atoms with Crippen LogP contribution < -0.4 is 0 Å². The molecule has 0 spiro atoms. The van der Waals surface area contributed by atoms with Gasteiger partial charge in [0.15, 0.2) is 5.82 Å². The SMILES string of the molecule is CC(=O)N1CCC[C@@H]1[C@@H]1CCCN1Cc1noc(C)n1. The summed E-state index contributed by atoms with van der Waals surface area (Å²) in [6.45, 7) is 6.18. The lowest BCUT2D eigenvalue weighted by molar-refractivity contribution is -0.130. The molecule has 2 aliphatic heterocycles. The second kappa shape index (κ2) is 5.52. The zero-order valence-electron chi connectivity index (χ0n) is 12.2. The number of hydrogen-bond acceptors (Lipinski definition) is 5. The van der Waals surface area contributed by atoms with Gasteiger partial charge in [-0.05, 0) is 32.2 Å². The average Bonchev–Trinajstić information content (AvgIpc) is 3.09. The van der Waals surface area contributed by atoms with Crippen molar-refractivity contribution >= 4 is 5.91 Å². The maximum Gasteiger partial charge on any atom is 0.223 e. The minimum atomic E-state index is 0.203. The van der Waals surface area contributed by atoms with Gasteiger partial charge in [0.05, 0.1) is 6.54 Å². The van der Waals surface area contributed by atoms with Crippen molar-refractivity contribution in [2.24, 2.45) is 0 Å². The molecule has 3 heterocycles. The third-order valence-electron chi connectivity index (χ3n) is 4.48. The molecular weight excluding hydrogens is 256 g/mol. The van der Waals surface area contributed by atoms with E-state index in [1.54, 1.807) is 6.92 Å². The first-order valence-electron chi connectivity index (χ1n) is 7.45. The minimum Gasteiger partial charge on any atom is -0.340 e. The summed E-state index contributed by atoms with van der Waals surface area (Å²) < 4.78 is 5.04. The Bertz CT molecular complexity index is 487. The molecule has 0 saturated carbocycles. The molecule has 0 radical (unpaired) electrons. The van der Waals surface area contributed by atoms with E-state index < -0.39 is 0 Å². The maximum atomic E-state index is 11.7. The van der Waals surface area contributed by atoms with Crippen molar-refractivity contribution in [3.8, 4) is 0 Å². The monoisotopic (exact) mass is 278 g/mol. The minimum absolute atomic E-state index is 0.203. The predicted octanol–water partition coefficient (Wildman–Crippen LogP) is 1.35. The van der Waals surface area contributed by atoms with Crippen molar-refractivity contribution < 1.29 is 9.32 Å². The molecule has 1 aromatic heterocycles. The van der Waals surface area contributed by atoms with Gasteiger partial charge in [-0.25, -0.2) is 0 Å². The predicted molar refractivity (Wildman–Crippen MR) is 72.9 cm³/mol. The third-order valence-corrected chi connectivity index (χ3v) is 4.48. The van der Waals surface area contributed by atoms with Crippen LogP contribution in [0, 0.1) is 6.92 Å². The fourth-order valence-electron chi connectivity index (χ4n) is 3.65. The summed E-state index contributed by atoms with van der Waals surface area (Å²) in [5, 5.41) is 3.99. The Balaban J connectivity index is 1.70. The Hall–Kier alpha value is -1.43. The van der Waals surface area contributed by atoms with E-state index in [1.165, 1.54) is 6.42 Å². The van der Waals surface area contributed by atoms with E-state index in [-0.39, 0.29) is 5.91 Å². The smallest absolute Gasteiger partial charge is 0.223 e. The Morgan fingerprint density at radius 2 is 2.05 bits per heavy atom. The van der Waals surface area contributed by atoms with E-state index in [9.17, 15) is 4.79 Å². The molecule has 3 rings (SSSR count). The number of rotatable bonds is 3. The topological polar surface area (TPSA) is 62.5 Å². The fraction of sp³-hybridized carbons (Fsp3) is 0.786. The molecule has 110 valence electrons. The quantitative estimate of drug-likeness (QED) is 0.835. The van der Waals surface area contributed by atoms with Gasteiger partial charge in [-0.15, -0.1) is 0 Å². The van der Waals surface area contributed by atoms with Gasteiger partial charge in [0.2, 0.25) is 11.8 Å². The molecule has 20 heavy (non-hydrogen) atoms. The van der Waals surface area contributed by atoms with Crippen molar-refractivity contribution in [1.82, 2.24) is 19.9 Å². The summed E-state index contributed by atoms with van der Waals surface area (Å²) in [7, 11) is 0. The number of carbonyl (C=O) groups excluding carboxylic acids is 1. The fourth-order valence-corrected chi connectivity index (χ4v) is 3.65. The zero-order valence-corrected chi connectivity index (χ0v) is 12.2. The molecule has 2 saturated heterocycles. The van der Waals surface area contributed by atoms with Crippen molar-refractivity contribution in [3.63, 3.8) is 0 Å². The van der Waals surface area contributed by atoms with Crippen LogP contribution in [-0.4, -0.2) is 51.0 Å². The number of aryl methyl sites for hydroxylation is 1. The Kier molecular flexibility index (Phi) is 3.74. The molecule has 0 aromatic carbocycles. The summed E-state index contributed by atoms with van der Waals surface area (Å²) in [5.41, 5.74) is 0. The molecule has 0 unspecified atom stereocenters. The standard InChI is InChI=1S/C14H22N4O2/c1-10-15-14(16-20-10)9-17-7-3-5-12(17)13-6-4-8-18(13)11(2)19/h12-13H,3-9H2,1-2H3/t12-,13+/m0/s1. The van der Waals surface area contributed by atoms with Gasteiger partial charge in [-0.3, -0.25) is 9.69 Å². The molecule has 0 N–H and O–H groups in total. The van der Waals surface area contributed by atoms with Crippen LogP contribution in [0.1, 0.15) is 44.3 Å². The molecule has 2 aliphatic rings. The molecule has 6 nitrogen and oxygen atoms in total. The van der Waals surface area contributed by atoms with Crippen LogP contribution in [0.3, 0.4) is 0 Å². The summed E-state index contributed by atoms with van der Waals surface area (Å²) in [5.74, 6) is 1.57. The summed E-state index contributed by atoms with van der Waals surface area (Å²) >= 11 is 0. The van der Waals surface area contributed by atoms with Crippen LogP contribution >= 0.6 is 0 Å². The number of likely N-dealkylation sites (tertiary alicyclic amines) is 2. The van der Waals surface area contributed by atoms with Crippen LogP contribution in [0.15, 0.2) is 4.52 Å². The van der Waals surface area contributed by atoms with Gasteiger partial charge in [0.1, 0.15) is 0 Å². The van der Waals surface area contributed by atoms with E-state index >= 15 is 0 Å². The molecule has 0 aliphatic carbocycles. The first-order valence-corrected chi connectivity index (χ1v) is 7.45. The van der Waals surface area contributed by atoms with Gasteiger partial charge in [0, 0.05) is 32.5 Å². The first-order chi connectivity index (χ1) is 9.65. The molecule has 2 fully saturated rings. The number of hydrogen-bond donors (Lipinski definition) is 0. The van der Waals surface area contributed by atoms with Crippen molar-refractivity contribution in [1.29, 1.82) is 0 Å². The Labute approximate surface area is 119 Å². The highest BCUT2D eigenvalue weighted by Gasteiger charge is 2.38. The molecule has 6 heteroatoms. The van der Waals surface area contributed by atoms with Gasteiger partial charge >= 0.3 is 0 Å². The maximum absolute atomic E-state index is 11.7. The summed E-state index contributed by atoms with van der Waals surface area (Å²) in [4.78, 5) is 20.5. The van der Waals surface area contributed by atoms with Gasteiger partial charge in [-0.1, -0.05) is 5.16 Å². The Morgan fingerprint density at radius 1 is 1.30 bits per heavy atom. The number of aromatic nitrogens is 2. The molecule has 2 atom stereocenters. The second-order valence-electron chi connectivity index (χ2n) is 5.83. The number of amides is 1. The van der Waals surface area contributed by atoms with Crippen molar-refractivity contribution in [2.75, 3.05) is 13.1 Å². The van der Waals surface area contributed by atoms with Gasteiger partial charge < -0.3 is 9.42 Å². The van der Waals surface area contributed by atoms with E-state index in [2.05, 4.69) is 15.0 Å². The number of nitrogens with zero attached hydrogens (tertiary/aromatic N) is 4. The highest BCUT2D eigenvalue weighted by molar-refractivity contribution is 5.74. The lowest BCUT2D eigenvalue weighted by Gasteiger charge is -2.34. The highest BCUT2D eigenvalue weighted by Crippen LogP contribution is 2.30. The Morgan fingerprint density at radius 3 is 2.75 bits per heavy atom. The number of carbonyl (C=O) groups is 1. The lowest BCUT2D eigenvalue weighted by Crippen LogP contribution is -2.47. The average molecular weight is 278 g/mol. The summed E-state index contributed by atoms with van der Waals surface area (Å²) in [6, 6.07) is 0.809. The van der Waals surface area contributed by atoms with Gasteiger partial charge in [-0.2, -0.15) is 4.98 Å². The van der Waals surface area contributed by atoms with E-state index in [4.69, 9.17) is 4.52 Å². The normalized spacial score (nSPS) is 27.4. The largest absolute Gasteiger partial charge is 0.340 e. The van der Waals surface area contributed by atoms with Crippen LogP contribution in [-0.2, 0) is 11.3 Å². The highest BCUT2D eigenvalue weighted by atomic mass is 16.5. The third kappa shape index (κ3) is 2.57. The van der Waals surface area contributed by atoms with Crippen molar-refractivity contribution in [3.05, 3.63) is 11.7 Å². The second-order valence-corrected chi connectivity index (χ2v) is 5.83. The zero-order chi connectivity index (χ0) is 14.1. The van der Waals surface area contributed by atoms with E-state index in [1.807, 2.05) is 11.8 Å². The van der Waals surface area contributed by atoms with Crippen LogP contribution in [0.4, 0.5) is 0 Å². The van der Waals surface area contributed by atoms with Crippen LogP contribution in [0.25, 0.3) is 0 Å². The molecule has 1 aromatic rings. The van der Waals surface area contributed by atoms with Crippen LogP contribution in [0.5, 0.6) is 0 Å². The molecule has 1 amide bonds. The van der Waals surface area contributed by atoms with Crippen molar-refractivity contribution in [2.45, 2.75) is 58.2 Å². The lowest BCUT2D eigenvalue weighted by atomic mass is 10.0. The first kappa shape index (κ1) is 13.5. The molecule has 0 bridgehead atoms. The summed E-state index contributed by atoms with van der Waals surface area (Å²) in [6.07, 6.45) is 4.58. The van der Waals surface area contributed by atoms with E-state index in [0.717, 1.165) is 44.7 Å². The molecular formula is C14H22N4O2. The van der Waals surface area contributed by atoms with Crippen LogP contribution in [0.2, 0.25) is 0 Å². The van der Waals surface area contributed by atoms with E-state index in [0.29, 0.717) is 18.0 Å². The van der Waals surface area contributed by atoms with Gasteiger partial charge in [0.25, 0.3) is 0 Å².